The average molecular weight is 96.1 g/mol. The molecule has 0 amide bonds. The molecule has 0 radical (unpaired) electrons. The number of halogens is 3. The highest BCUT2D eigenvalue weighted by Gasteiger charge is 1.89. The summed E-state index contributed by atoms with van der Waals surface area (Å²) in [4.78, 5) is 0. The van der Waals surface area contributed by atoms with Gasteiger partial charge in [-0.1, -0.05) is 0 Å². The fourth-order valence-electron chi connectivity index (χ4n) is 0.0550. The minimum Gasteiger partial charge on any atom is -0.216 e. The van der Waals surface area contributed by atoms with Crippen LogP contribution in [0.1, 0.15) is 0 Å². The van der Waals surface area contributed by atoms with Gasteiger partial charge in [0.1, 0.15) is 0 Å². The molecule has 0 bridgehead atoms. The minimum absolute atomic E-state index is 0.167. The molecule has 0 aliphatic rings. The summed E-state index contributed by atoms with van der Waals surface area (Å²) < 4.78 is 32.0. The van der Waals surface area contributed by atoms with Gasteiger partial charge in [0.2, 0.25) is 0 Å². The first-order valence-corrected chi connectivity index (χ1v) is 1.32. The van der Waals surface area contributed by atoms with E-state index in [4.69, 9.17) is 0 Å². The van der Waals surface area contributed by atoms with Gasteiger partial charge in [-0.2, -0.15) is 0 Å². The lowest BCUT2D eigenvalue weighted by Gasteiger charge is -1.76. The number of allylic oxidation sites excluding steroid dienone is 1. The van der Waals surface area contributed by atoms with Crippen molar-refractivity contribution in [2.24, 2.45) is 0 Å². The Morgan fingerprint density at radius 2 is 1.83 bits per heavy atom. The van der Waals surface area contributed by atoms with Crippen molar-refractivity contribution in [1.29, 1.82) is 0 Å². The molecular formula is C3H3F3. The lowest BCUT2D eigenvalue weighted by molar-refractivity contribution is 0.202. The summed E-state index contributed by atoms with van der Waals surface area (Å²) in [5.41, 5.74) is 0. The molecule has 0 spiro atoms. The molecule has 0 unspecified atom stereocenters. The van der Waals surface area contributed by atoms with E-state index in [1.807, 2.05) is 0 Å². The van der Waals surface area contributed by atoms with Crippen LogP contribution >= 0.6 is 0 Å². The fourth-order valence-corrected chi connectivity index (χ4v) is 0.0550. The maximum atomic E-state index is 10.7. The van der Waals surface area contributed by atoms with Crippen LogP contribution in [0.25, 0.3) is 0 Å². The SMILES string of the molecule is FC=CC(F)F. The van der Waals surface area contributed by atoms with Crippen LogP contribution in [0.15, 0.2) is 12.4 Å². The van der Waals surface area contributed by atoms with Gasteiger partial charge in [0.05, 0.1) is 6.33 Å². The van der Waals surface area contributed by atoms with Gasteiger partial charge in [0.15, 0.2) is 0 Å². The molecule has 0 heterocycles. The van der Waals surface area contributed by atoms with E-state index in [0.29, 0.717) is 0 Å². The molecule has 0 atom stereocenters. The van der Waals surface area contributed by atoms with Crippen LogP contribution in [0.2, 0.25) is 0 Å². The highest BCUT2D eigenvalue weighted by atomic mass is 19.3. The fraction of sp³-hybridized carbons (Fsp3) is 0.333. The highest BCUT2D eigenvalue weighted by Crippen LogP contribution is 1.91. The number of rotatable bonds is 1. The van der Waals surface area contributed by atoms with E-state index in [2.05, 4.69) is 0 Å². The Bertz CT molecular complexity index is 48.0. The molecule has 3 heteroatoms. The predicted molar refractivity (Wildman–Crippen MR) is 16.3 cm³/mol. The first-order valence-electron chi connectivity index (χ1n) is 1.32. The number of hydrogen-bond donors (Lipinski definition) is 0. The molecule has 0 aromatic rings. The van der Waals surface area contributed by atoms with Crippen LogP contribution in [0.4, 0.5) is 13.2 Å². The zero-order valence-corrected chi connectivity index (χ0v) is 2.87. The summed E-state index contributed by atoms with van der Waals surface area (Å²) in [6, 6.07) is 0. The summed E-state index contributed by atoms with van der Waals surface area (Å²) in [5.74, 6) is 0. The smallest absolute Gasteiger partial charge is 0.216 e. The van der Waals surface area contributed by atoms with Crippen molar-refractivity contribution in [3.05, 3.63) is 12.4 Å². The van der Waals surface area contributed by atoms with Crippen LogP contribution in [-0.4, -0.2) is 6.43 Å². The van der Waals surface area contributed by atoms with E-state index in [1.54, 1.807) is 0 Å². The van der Waals surface area contributed by atoms with E-state index < -0.39 is 6.43 Å². The topological polar surface area (TPSA) is 0 Å². The van der Waals surface area contributed by atoms with Gasteiger partial charge in [0.25, 0.3) is 6.43 Å². The molecular weight excluding hydrogens is 93.0 g/mol. The zero-order chi connectivity index (χ0) is 4.99. The quantitative estimate of drug-likeness (QED) is 0.466. The van der Waals surface area contributed by atoms with Gasteiger partial charge >= 0.3 is 0 Å². The second-order valence-corrected chi connectivity index (χ2v) is 0.653. The monoisotopic (exact) mass is 96.0 g/mol. The van der Waals surface area contributed by atoms with Gasteiger partial charge in [-0.15, -0.1) is 0 Å². The normalized spacial score (nSPS) is 11.3. The van der Waals surface area contributed by atoms with Gasteiger partial charge in [-0.25, -0.2) is 13.2 Å². The van der Waals surface area contributed by atoms with Crippen LogP contribution in [0.3, 0.4) is 0 Å². The van der Waals surface area contributed by atoms with E-state index in [0.717, 1.165) is 0 Å². The molecule has 0 nitrogen and oxygen atoms in total. The van der Waals surface area contributed by atoms with Gasteiger partial charge < -0.3 is 0 Å². The second-order valence-electron chi connectivity index (χ2n) is 0.653. The molecule has 0 aliphatic carbocycles. The maximum Gasteiger partial charge on any atom is 0.259 e. The van der Waals surface area contributed by atoms with Crippen LogP contribution in [0, 0.1) is 0 Å². The van der Waals surface area contributed by atoms with Crippen LogP contribution in [0.5, 0.6) is 0 Å². The van der Waals surface area contributed by atoms with E-state index in [9.17, 15) is 13.2 Å². The van der Waals surface area contributed by atoms with Gasteiger partial charge in [-0.05, 0) is 0 Å². The Kier molecular flexibility index (Phi) is 2.54. The molecule has 6 heavy (non-hydrogen) atoms. The van der Waals surface area contributed by atoms with Crippen molar-refractivity contribution in [2.75, 3.05) is 0 Å². The summed E-state index contributed by atoms with van der Waals surface area (Å²) in [6.45, 7) is 0. The van der Waals surface area contributed by atoms with Crippen molar-refractivity contribution in [3.63, 3.8) is 0 Å². The second kappa shape index (κ2) is 2.75. The van der Waals surface area contributed by atoms with E-state index in [-0.39, 0.29) is 12.4 Å². The lowest BCUT2D eigenvalue weighted by Crippen LogP contribution is -1.76. The average Bonchev–Trinajstić information content (AvgIpc) is 1.35. The summed E-state index contributed by atoms with van der Waals surface area (Å²) in [7, 11) is 0. The third-order valence-electron chi connectivity index (χ3n) is 0.218. The predicted octanol–water partition coefficient (Wildman–Crippen LogP) is 1.73. The summed E-state index contributed by atoms with van der Waals surface area (Å²) in [6.07, 6.45) is -2.67. The number of alkyl halides is 2. The van der Waals surface area contributed by atoms with Gasteiger partial charge in [-0.3, -0.25) is 0 Å². The van der Waals surface area contributed by atoms with Crippen LogP contribution in [-0.2, 0) is 0 Å². The largest absolute Gasteiger partial charge is 0.259 e. The van der Waals surface area contributed by atoms with E-state index >= 15 is 0 Å². The third-order valence-corrected chi connectivity index (χ3v) is 0.218. The van der Waals surface area contributed by atoms with Crippen molar-refractivity contribution in [3.8, 4) is 0 Å². The van der Waals surface area contributed by atoms with E-state index in [1.165, 1.54) is 0 Å². The Morgan fingerprint density at radius 1 is 1.33 bits per heavy atom. The minimum atomic E-state index is -2.66. The molecule has 0 aromatic heterocycles. The Morgan fingerprint density at radius 3 is 1.83 bits per heavy atom. The zero-order valence-electron chi connectivity index (χ0n) is 2.87. The molecule has 0 N–H and O–H groups in total. The van der Waals surface area contributed by atoms with Crippen molar-refractivity contribution >= 4 is 0 Å². The van der Waals surface area contributed by atoms with Gasteiger partial charge in [0, 0.05) is 6.08 Å². The molecule has 0 aliphatic heterocycles. The number of hydrogen-bond acceptors (Lipinski definition) is 0. The molecule has 0 saturated carbocycles. The third kappa shape index (κ3) is 3.53. The van der Waals surface area contributed by atoms with Crippen LogP contribution < -0.4 is 0 Å². The van der Waals surface area contributed by atoms with Crippen molar-refractivity contribution in [2.45, 2.75) is 6.43 Å². The molecule has 0 saturated heterocycles. The molecule has 0 rings (SSSR count). The first-order chi connectivity index (χ1) is 2.77. The molecule has 36 valence electrons. The van der Waals surface area contributed by atoms with Crippen molar-refractivity contribution < 1.29 is 13.2 Å². The Hall–Kier alpha value is -0.470. The lowest BCUT2D eigenvalue weighted by atomic mass is 10.7. The highest BCUT2D eigenvalue weighted by molar-refractivity contribution is 4.73. The molecule has 0 aromatic carbocycles. The van der Waals surface area contributed by atoms with Crippen molar-refractivity contribution in [1.82, 2.24) is 0 Å². The summed E-state index contributed by atoms with van der Waals surface area (Å²) in [5, 5.41) is 0. The standard InChI is InChI=1S/C3H3F3/c4-2-1-3(5)6/h1-3H. The maximum absolute atomic E-state index is 10.7. The Labute approximate surface area is 33.3 Å². The Balaban J connectivity index is 3.03. The first kappa shape index (κ1) is 5.53. The molecule has 0 fully saturated rings. The summed E-state index contributed by atoms with van der Waals surface area (Å²) >= 11 is 0.